The fourth-order valence-corrected chi connectivity index (χ4v) is 4.39. The maximum absolute atomic E-state index is 6.01. The second-order valence-corrected chi connectivity index (χ2v) is 8.40. The highest BCUT2D eigenvalue weighted by atomic mass is 16.3. The largest absolute Gasteiger partial charge is 0.398 e. The molecule has 31 heavy (non-hydrogen) atoms. The summed E-state index contributed by atoms with van der Waals surface area (Å²) in [6.07, 6.45) is 5.32. The lowest BCUT2D eigenvalue weighted by atomic mass is 10.1. The molecule has 4 nitrogen and oxygen atoms in total. The molecule has 0 radical (unpaired) electrons. The summed E-state index contributed by atoms with van der Waals surface area (Å²) in [5.41, 5.74) is 5.77. The lowest BCUT2D eigenvalue weighted by Gasteiger charge is -2.11. The number of nitrogens with zero attached hydrogens (tertiary/aromatic N) is 3. The zero-order valence-electron chi connectivity index (χ0n) is 18.4. The van der Waals surface area contributed by atoms with Crippen LogP contribution >= 0.6 is 0 Å². The normalized spacial score (nSPS) is 12.3. The van der Waals surface area contributed by atoms with Crippen molar-refractivity contribution in [1.29, 1.82) is 0 Å². The second-order valence-electron chi connectivity index (χ2n) is 8.40. The molecule has 0 aliphatic heterocycles. The SMILES string of the molecule is CN(C)CCCn1c2ccccc2c2cc(/C=C/c3oc4ccccc4[n+]3C)ccc21. The van der Waals surface area contributed by atoms with Crippen LogP contribution in [0.3, 0.4) is 0 Å². The van der Waals surface area contributed by atoms with Crippen LogP contribution in [0.4, 0.5) is 0 Å². The minimum absolute atomic E-state index is 0.840. The fourth-order valence-electron chi connectivity index (χ4n) is 4.39. The van der Waals surface area contributed by atoms with Gasteiger partial charge >= 0.3 is 5.89 Å². The van der Waals surface area contributed by atoms with Crippen LogP contribution in [-0.4, -0.2) is 30.1 Å². The van der Waals surface area contributed by atoms with Gasteiger partial charge in [-0.05, 0) is 63.0 Å². The molecule has 0 unspecified atom stereocenters. The first-order valence-corrected chi connectivity index (χ1v) is 10.8. The van der Waals surface area contributed by atoms with Crippen LogP contribution in [-0.2, 0) is 13.6 Å². The van der Waals surface area contributed by atoms with Gasteiger partial charge in [0.05, 0.1) is 6.08 Å². The molecular weight excluding hydrogens is 382 g/mol. The Kier molecular flexibility index (Phi) is 5.08. The van der Waals surface area contributed by atoms with E-state index in [0.717, 1.165) is 36.5 Å². The molecule has 5 rings (SSSR count). The molecule has 3 aromatic carbocycles. The lowest BCUT2D eigenvalue weighted by molar-refractivity contribution is -0.651. The van der Waals surface area contributed by atoms with E-state index in [9.17, 15) is 0 Å². The molecule has 0 atom stereocenters. The molecule has 0 amide bonds. The number of aryl methyl sites for hydroxylation is 2. The Labute approximate surface area is 182 Å². The first-order chi connectivity index (χ1) is 15.1. The van der Waals surface area contributed by atoms with Gasteiger partial charge in [0.1, 0.15) is 7.05 Å². The molecule has 0 aliphatic rings. The first-order valence-electron chi connectivity index (χ1n) is 10.8. The third kappa shape index (κ3) is 3.64. The van der Waals surface area contributed by atoms with Crippen LogP contribution in [0.25, 0.3) is 45.1 Å². The number of hydrogen-bond acceptors (Lipinski definition) is 2. The Hall–Kier alpha value is -3.37. The minimum atomic E-state index is 0.840. The predicted molar refractivity (Wildman–Crippen MR) is 129 cm³/mol. The summed E-state index contributed by atoms with van der Waals surface area (Å²) in [6, 6.07) is 23.6. The summed E-state index contributed by atoms with van der Waals surface area (Å²) in [6.45, 7) is 2.11. The number of benzene rings is 3. The molecule has 2 heterocycles. The van der Waals surface area contributed by atoms with Crippen LogP contribution in [0.1, 0.15) is 17.9 Å². The number of para-hydroxylation sites is 3. The van der Waals surface area contributed by atoms with E-state index in [0.29, 0.717) is 0 Å². The lowest BCUT2D eigenvalue weighted by Crippen LogP contribution is -2.29. The van der Waals surface area contributed by atoms with Crippen molar-refractivity contribution in [2.75, 3.05) is 20.6 Å². The maximum Gasteiger partial charge on any atom is 0.373 e. The van der Waals surface area contributed by atoms with Gasteiger partial charge < -0.3 is 13.9 Å². The van der Waals surface area contributed by atoms with E-state index in [4.69, 9.17) is 4.42 Å². The first kappa shape index (κ1) is 19.6. The standard InChI is InChI=1S/C27H28N3O/c1-28(2)17-8-18-30-23-10-5-4-9-21(23)22-19-20(13-15-24(22)30)14-16-27-29(3)25-11-6-7-12-26(25)31-27/h4-7,9-16,19H,8,17-18H2,1-3H3/q+1. The molecule has 0 fully saturated rings. The van der Waals surface area contributed by atoms with Gasteiger partial charge in [0.15, 0.2) is 0 Å². The van der Waals surface area contributed by atoms with E-state index >= 15 is 0 Å². The quantitative estimate of drug-likeness (QED) is 0.346. The van der Waals surface area contributed by atoms with Gasteiger partial charge in [-0.25, -0.2) is 0 Å². The van der Waals surface area contributed by atoms with Crippen molar-refractivity contribution in [2.45, 2.75) is 13.0 Å². The number of rotatable bonds is 6. The predicted octanol–water partition coefficient (Wildman–Crippen LogP) is 5.49. The van der Waals surface area contributed by atoms with E-state index in [1.807, 2.05) is 25.2 Å². The van der Waals surface area contributed by atoms with Gasteiger partial charge in [0.25, 0.3) is 5.52 Å². The molecule has 5 aromatic rings. The monoisotopic (exact) mass is 410 g/mol. The highest BCUT2D eigenvalue weighted by Crippen LogP contribution is 2.30. The van der Waals surface area contributed by atoms with Crippen LogP contribution < -0.4 is 4.57 Å². The Morgan fingerprint density at radius 3 is 2.52 bits per heavy atom. The summed E-state index contributed by atoms with van der Waals surface area (Å²) >= 11 is 0. The van der Waals surface area contributed by atoms with Crippen LogP contribution in [0, 0.1) is 0 Å². The van der Waals surface area contributed by atoms with Crippen molar-refractivity contribution >= 4 is 45.1 Å². The van der Waals surface area contributed by atoms with Gasteiger partial charge in [-0.1, -0.05) is 36.4 Å². The molecule has 0 saturated heterocycles. The van der Waals surface area contributed by atoms with Gasteiger partial charge in [0, 0.05) is 34.4 Å². The van der Waals surface area contributed by atoms with Gasteiger partial charge in [-0.15, -0.1) is 0 Å². The summed E-state index contributed by atoms with van der Waals surface area (Å²) < 4.78 is 10.6. The van der Waals surface area contributed by atoms with Crippen molar-refractivity contribution < 1.29 is 8.98 Å². The van der Waals surface area contributed by atoms with Gasteiger partial charge in [-0.2, -0.15) is 4.57 Å². The average Bonchev–Trinajstić information content (AvgIpc) is 3.27. The Balaban J connectivity index is 1.53. The number of aromatic nitrogens is 2. The zero-order chi connectivity index (χ0) is 21.4. The van der Waals surface area contributed by atoms with Gasteiger partial charge in [-0.3, -0.25) is 0 Å². The highest BCUT2D eigenvalue weighted by Gasteiger charge is 2.15. The molecule has 4 heteroatoms. The second kappa shape index (κ2) is 8.05. The highest BCUT2D eigenvalue weighted by molar-refractivity contribution is 6.08. The van der Waals surface area contributed by atoms with Crippen LogP contribution in [0.15, 0.2) is 71.1 Å². The molecule has 2 aromatic heterocycles. The van der Waals surface area contributed by atoms with E-state index in [1.54, 1.807) is 0 Å². The zero-order valence-corrected chi connectivity index (χ0v) is 18.4. The van der Waals surface area contributed by atoms with E-state index in [2.05, 4.69) is 88.8 Å². The Morgan fingerprint density at radius 2 is 1.68 bits per heavy atom. The van der Waals surface area contributed by atoms with E-state index < -0.39 is 0 Å². The summed E-state index contributed by atoms with van der Waals surface area (Å²) in [5.74, 6) is 0.840. The Bertz CT molecular complexity index is 1400. The van der Waals surface area contributed by atoms with Crippen molar-refractivity contribution in [3.63, 3.8) is 0 Å². The smallest absolute Gasteiger partial charge is 0.373 e. The number of hydrogen-bond donors (Lipinski definition) is 0. The van der Waals surface area contributed by atoms with Crippen molar-refractivity contribution in [3.8, 4) is 0 Å². The number of oxazole rings is 1. The minimum Gasteiger partial charge on any atom is -0.398 e. The summed E-state index contributed by atoms with van der Waals surface area (Å²) in [7, 11) is 6.30. The van der Waals surface area contributed by atoms with Gasteiger partial charge in [0.2, 0.25) is 5.58 Å². The fraction of sp³-hybridized carbons (Fsp3) is 0.222. The molecule has 0 spiro atoms. The summed E-state index contributed by atoms with van der Waals surface area (Å²) in [5, 5.41) is 2.61. The van der Waals surface area contributed by atoms with Crippen molar-refractivity contribution in [2.24, 2.45) is 7.05 Å². The molecular formula is C27H28N3O+. The molecule has 0 saturated carbocycles. The third-order valence-corrected chi connectivity index (χ3v) is 5.97. The van der Waals surface area contributed by atoms with Crippen molar-refractivity contribution in [3.05, 3.63) is 78.2 Å². The van der Waals surface area contributed by atoms with Crippen molar-refractivity contribution in [1.82, 2.24) is 9.47 Å². The summed E-state index contributed by atoms with van der Waals surface area (Å²) in [4.78, 5) is 2.24. The third-order valence-electron chi connectivity index (χ3n) is 5.97. The topological polar surface area (TPSA) is 25.2 Å². The Morgan fingerprint density at radius 1 is 0.903 bits per heavy atom. The van der Waals surface area contributed by atoms with Crippen LogP contribution in [0.2, 0.25) is 0 Å². The molecule has 0 N–H and O–H groups in total. The molecule has 0 aliphatic carbocycles. The molecule has 0 bridgehead atoms. The van der Waals surface area contributed by atoms with E-state index in [-0.39, 0.29) is 0 Å². The maximum atomic E-state index is 6.01. The average molecular weight is 411 g/mol. The van der Waals surface area contributed by atoms with Crippen LogP contribution in [0.5, 0.6) is 0 Å². The molecule has 156 valence electrons. The number of fused-ring (bicyclic) bond motifs is 4. The van der Waals surface area contributed by atoms with E-state index in [1.165, 1.54) is 27.4 Å².